The summed E-state index contributed by atoms with van der Waals surface area (Å²) in [6, 6.07) is 12.0. The first kappa shape index (κ1) is 30.6. The number of aliphatic imine (C=N–C) groups is 1. The summed E-state index contributed by atoms with van der Waals surface area (Å²) in [7, 11) is 0. The van der Waals surface area contributed by atoms with Crippen LogP contribution >= 0.6 is 0 Å². The molecular formula is C26H35N7O6. The number of hydrogen-bond acceptors (Lipinski definition) is 7. The summed E-state index contributed by atoms with van der Waals surface area (Å²) in [5.74, 6) is -3.20. The molecule has 0 aliphatic carbocycles. The van der Waals surface area contributed by atoms with Crippen LogP contribution in [0.4, 0.5) is 0 Å². The number of benzene rings is 2. The van der Waals surface area contributed by atoms with Gasteiger partial charge in [0.1, 0.15) is 17.8 Å². The van der Waals surface area contributed by atoms with Crippen LogP contribution in [0.15, 0.2) is 59.6 Å². The molecule has 13 nitrogen and oxygen atoms in total. The number of aromatic hydroxyl groups is 1. The number of rotatable bonds is 15. The number of phenols is 1. The summed E-state index contributed by atoms with van der Waals surface area (Å²) in [5.41, 5.74) is 18.0. The minimum absolute atomic E-state index is 0.0808. The Labute approximate surface area is 225 Å². The van der Waals surface area contributed by atoms with Crippen LogP contribution in [0.5, 0.6) is 5.75 Å². The number of carbonyl (C=O) groups is 4. The molecule has 2 aromatic rings. The Morgan fingerprint density at radius 1 is 0.846 bits per heavy atom. The van der Waals surface area contributed by atoms with Gasteiger partial charge in [-0.25, -0.2) is 4.79 Å². The molecule has 39 heavy (non-hydrogen) atoms. The molecule has 2 aromatic carbocycles. The van der Waals surface area contributed by atoms with Crippen LogP contribution in [-0.2, 0) is 32.0 Å². The van der Waals surface area contributed by atoms with Crippen molar-refractivity contribution >= 4 is 29.7 Å². The van der Waals surface area contributed by atoms with E-state index in [1.807, 2.05) is 6.07 Å². The molecular weight excluding hydrogens is 506 g/mol. The largest absolute Gasteiger partial charge is 0.508 e. The van der Waals surface area contributed by atoms with Gasteiger partial charge in [0, 0.05) is 13.0 Å². The number of aliphatic carboxylic acids is 1. The lowest BCUT2D eigenvalue weighted by Crippen LogP contribution is -2.54. The quantitative estimate of drug-likeness (QED) is 0.0761. The van der Waals surface area contributed by atoms with Gasteiger partial charge in [0.05, 0.1) is 12.6 Å². The number of nitrogens with two attached hydrogens (primary N) is 3. The van der Waals surface area contributed by atoms with Gasteiger partial charge >= 0.3 is 5.97 Å². The molecule has 0 aromatic heterocycles. The topological polar surface area (TPSA) is 235 Å². The van der Waals surface area contributed by atoms with Gasteiger partial charge in [0.25, 0.3) is 0 Å². The van der Waals surface area contributed by atoms with Crippen molar-refractivity contribution in [1.82, 2.24) is 16.0 Å². The van der Waals surface area contributed by atoms with Crippen molar-refractivity contribution in [2.24, 2.45) is 22.2 Å². The number of nitrogens with one attached hydrogen (secondary N) is 3. The van der Waals surface area contributed by atoms with Gasteiger partial charge in [-0.1, -0.05) is 42.5 Å². The lowest BCUT2D eigenvalue weighted by Gasteiger charge is -2.21. The molecule has 3 atom stereocenters. The third kappa shape index (κ3) is 11.5. The highest BCUT2D eigenvalue weighted by atomic mass is 16.4. The summed E-state index contributed by atoms with van der Waals surface area (Å²) in [6.07, 6.45) is 0.705. The van der Waals surface area contributed by atoms with E-state index in [-0.39, 0.29) is 37.5 Å². The third-order valence-corrected chi connectivity index (χ3v) is 5.65. The predicted octanol–water partition coefficient (Wildman–Crippen LogP) is -1.27. The number of phenolic OH excluding ortho intramolecular Hbond substituents is 1. The van der Waals surface area contributed by atoms with Gasteiger partial charge in [-0.05, 0) is 42.5 Å². The second-order valence-corrected chi connectivity index (χ2v) is 8.85. The van der Waals surface area contributed by atoms with E-state index in [0.29, 0.717) is 6.42 Å². The molecule has 0 fully saturated rings. The number of carboxylic acids is 1. The smallest absolute Gasteiger partial charge is 0.326 e. The zero-order valence-electron chi connectivity index (χ0n) is 21.4. The van der Waals surface area contributed by atoms with Crippen LogP contribution in [0.2, 0.25) is 0 Å². The van der Waals surface area contributed by atoms with Gasteiger partial charge in [-0.3, -0.25) is 19.4 Å². The maximum absolute atomic E-state index is 13.0. The number of amides is 3. The first-order chi connectivity index (χ1) is 18.5. The van der Waals surface area contributed by atoms with E-state index < -0.39 is 48.4 Å². The molecule has 3 unspecified atom stereocenters. The van der Waals surface area contributed by atoms with E-state index in [2.05, 4.69) is 20.9 Å². The number of carbonyl (C=O) groups excluding carboxylic acids is 3. The molecule has 0 heterocycles. The molecule has 13 heteroatoms. The SMILES string of the molecule is NC(N)=NCCCC(NC(=O)CNC(=O)C(Cc1ccccc1)NC(=O)C(N)Cc1ccc(O)cc1)C(=O)O. The molecule has 3 amide bonds. The van der Waals surface area contributed by atoms with Crippen molar-refractivity contribution in [1.29, 1.82) is 0 Å². The van der Waals surface area contributed by atoms with Gasteiger partial charge in [0.2, 0.25) is 17.7 Å². The van der Waals surface area contributed by atoms with Gasteiger partial charge in [0.15, 0.2) is 5.96 Å². The van der Waals surface area contributed by atoms with Crippen molar-refractivity contribution in [3.8, 4) is 5.75 Å². The second kappa shape index (κ2) is 15.6. The molecule has 2 rings (SSSR count). The summed E-state index contributed by atoms with van der Waals surface area (Å²) in [5, 5.41) is 26.2. The van der Waals surface area contributed by atoms with Crippen LogP contribution in [0.3, 0.4) is 0 Å². The molecule has 11 N–H and O–H groups in total. The Balaban J connectivity index is 1.98. The average Bonchev–Trinajstić information content (AvgIpc) is 2.90. The summed E-state index contributed by atoms with van der Waals surface area (Å²) in [4.78, 5) is 53.4. The molecule has 210 valence electrons. The standard InChI is InChI=1S/C26H35N7O6/c27-19(13-17-8-10-18(34)11-9-17)23(36)33-21(14-16-5-2-1-3-6-16)24(37)31-15-22(35)32-20(25(38)39)7-4-12-30-26(28)29/h1-3,5-6,8-11,19-21,34H,4,7,12-15,27H2,(H,31,37)(H,32,35)(H,33,36)(H,38,39)(H4,28,29,30). The molecule has 0 saturated carbocycles. The minimum Gasteiger partial charge on any atom is -0.508 e. The van der Waals surface area contributed by atoms with Crippen molar-refractivity contribution in [2.45, 2.75) is 43.8 Å². The summed E-state index contributed by atoms with van der Waals surface area (Å²) >= 11 is 0. The maximum atomic E-state index is 13.0. The highest BCUT2D eigenvalue weighted by Gasteiger charge is 2.25. The minimum atomic E-state index is -1.24. The molecule has 0 radical (unpaired) electrons. The second-order valence-electron chi connectivity index (χ2n) is 8.85. The number of nitrogens with zero attached hydrogens (tertiary/aromatic N) is 1. The monoisotopic (exact) mass is 541 g/mol. The van der Waals surface area contributed by atoms with Crippen molar-refractivity contribution in [3.63, 3.8) is 0 Å². The first-order valence-electron chi connectivity index (χ1n) is 12.3. The fraction of sp³-hybridized carbons (Fsp3) is 0.346. The Bertz CT molecular complexity index is 1140. The number of guanidine groups is 1. The summed E-state index contributed by atoms with van der Waals surface area (Å²) in [6.45, 7) is -0.300. The maximum Gasteiger partial charge on any atom is 0.326 e. The predicted molar refractivity (Wildman–Crippen MR) is 144 cm³/mol. The molecule has 0 aliphatic rings. The zero-order valence-corrected chi connectivity index (χ0v) is 21.4. The van der Waals surface area contributed by atoms with E-state index in [9.17, 15) is 29.4 Å². The Morgan fingerprint density at radius 2 is 1.49 bits per heavy atom. The average molecular weight is 542 g/mol. The highest BCUT2D eigenvalue weighted by molar-refractivity contribution is 5.92. The Morgan fingerprint density at radius 3 is 2.10 bits per heavy atom. The summed E-state index contributed by atoms with van der Waals surface area (Å²) < 4.78 is 0. The van der Waals surface area contributed by atoms with Crippen LogP contribution in [-0.4, -0.2) is 71.1 Å². The highest BCUT2D eigenvalue weighted by Crippen LogP contribution is 2.11. The Kier molecular flexibility index (Phi) is 12.2. The van der Waals surface area contributed by atoms with Gasteiger partial charge in [-0.2, -0.15) is 0 Å². The van der Waals surface area contributed by atoms with Crippen molar-refractivity contribution in [2.75, 3.05) is 13.1 Å². The molecule has 0 saturated heterocycles. The van der Waals surface area contributed by atoms with Crippen LogP contribution in [0.1, 0.15) is 24.0 Å². The van der Waals surface area contributed by atoms with E-state index in [4.69, 9.17) is 17.2 Å². The number of carboxylic acid groups (broad SMARTS) is 1. The van der Waals surface area contributed by atoms with E-state index >= 15 is 0 Å². The molecule has 0 spiro atoms. The lowest BCUT2D eigenvalue weighted by molar-refractivity contribution is -0.142. The van der Waals surface area contributed by atoms with Crippen LogP contribution in [0.25, 0.3) is 0 Å². The van der Waals surface area contributed by atoms with Crippen LogP contribution < -0.4 is 33.2 Å². The lowest BCUT2D eigenvalue weighted by atomic mass is 10.0. The van der Waals surface area contributed by atoms with E-state index in [1.54, 1.807) is 36.4 Å². The molecule has 0 aliphatic heterocycles. The zero-order chi connectivity index (χ0) is 28.8. The fourth-order valence-corrected chi connectivity index (χ4v) is 3.61. The third-order valence-electron chi connectivity index (χ3n) is 5.65. The first-order valence-corrected chi connectivity index (χ1v) is 12.3. The van der Waals surface area contributed by atoms with Gasteiger partial charge < -0.3 is 43.4 Å². The van der Waals surface area contributed by atoms with Gasteiger partial charge in [-0.15, -0.1) is 0 Å². The van der Waals surface area contributed by atoms with Crippen molar-refractivity contribution < 1.29 is 29.4 Å². The normalized spacial score (nSPS) is 12.8. The van der Waals surface area contributed by atoms with Crippen LogP contribution in [0, 0.1) is 0 Å². The van der Waals surface area contributed by atoms with E-state index in [1.165, 1.54) is 12.1 Å². The fourth-order valence-electron chi connectivity index (χ4n) is 3.61. The Hall–Kier alpha value is -4.65. The van der Waals surface area contributed by atoms with Crippen molar-refractivity contribution in [3.05, 3.63) is 65.7 Å². The molecule has 0 bridgehead atoms. The van der Waals surface area contributed by atoms with E-state index in [0.717, 1.165) is 11.1 Å². The number of hydrogen-bond donors (Lipinski definition) is 8.